The highest BCUT2D eigenvalue weighted by Gasteiger charge is 2.19. The molecule has 1 aromatic rings. The van der Waals surface area contributed by atoms with Crippen LogP contribution in [0.2, 0.25) is 10.0 Å². The van der Waals surface area contributed by atoms with Crippen LogP contribution in [0.5, 0.6) is 0 Å². The molecule has 0 spiro atoms. The zero-order valence-electron chi connectivity index (χ0n) is 12.7. The molecule has 2 atom stereocenters. The summed E-state index contributed by atoms with van der Waals surface area (Å²) in [6.07, 6.45) is 2.36. The molecule has 7 heteroatoms. The Labute approximate surface area is 140 Å². The molecule has 0 bridgehead atoms. The second-order valence-corrected chi connectivity index (χ2v) is 5.91. The highest BCUT2D eigenvalue weighted by atomic mass is 35.5. The summed E-state index contributed by atoms with van der Waals surface area (Å²) in [6.45, 7) is 3.65. The molecule has 0 aliphatic carbocycles. The van der Waals surface area contributed by atoms with Gasteiger partial charge in [-0.25, -0.2) is 0 Å². The Morgan fingerprint density at radius 2 is 1.91 bits per heavy atom. The van der Waals surface area contributed by atoms with E-state index in [9.17, 15) is 9.59 Å². The molecule has 1 aromatic carbocycles. The molecule has 0 aromatic heterocycles. The number of hydrogen-bond donors (Lipinski definition) is 3. The summed E-state index contributed by atoms with van der Waals surface area (Å²) < 4.78 is 0. The number of anilines is 1. The Morgan fingerprint density at radius 1 is 1.23 bits per heavy atom. The van der Waals surface area contributed by atoms with Gasteiger partial charge in [0.25, 0.3) is 0 Å². The number of benzene rings is 1. The van der Waals surface area contributed by atoms with Crippen LogP contribution in [-0.4, -0.2) is 23.9 Å². The molecule has 122 valence electrons. The summed E-state index contributed by atoms with van der Waals surface area (Å²) >= 11 is 11.7. The van der Waals surface area contributed by atoms with E-state index in [4.69, 9.17) is 28.9 Å². The van der Waals surface area contributed by atoms with E-state index in [0.717, 1.165) is 12.8 Å². The van der Waals surface area contributed by atoms with Crippen molar-refractivity contribution in [3.8, 4) is 0 Å². The van der Waals surface area contributed by atoms with E-state index in [1.54, 1.807) is 25.1 Å². The highest BCUT2D eigenvalue weighted by Crippen LogP contribution is 2.25. The van der Waals surface area contributed by atoms with Crippen LogP contribution in [0.4, 0.5) is 5.69 Å². The lowest BCUT2D eigenvalue weighted by Crippen LogP contribution is -2.48. The second-order valence-electron chi connectivity index (χ2n) is 5.10. The van der Waals surface area contributed by atoms with E-state index in [1.165, 1.54) is 0 Å². The average molecular weight is 346 g/mol. The minimum absolute atomic E-state index is 0.386. The van der Waals surface area contributed by atoms with Crippen LogP contribution >= 0.6 is 23.2 Å². The lowest BCUT2D eigenvalue weighted by atomic mass is 10.1. The number of carbonyl (C=O) groups is 2. The van der Waals surface area contributed by atoms with Crippen LogP contribution in [0.15, 0.2) is 18.2 Å². The first kappa shape index (κ1) is 18.7. The molecule has 0 radical (unpaired) electrons. The maximum Gasteiger partial charge on any atom is 0.248 e. The predicted octanol–water partition coefficient (Wildman–Crippen LogP) is 2.95. The fourth-order valence-corrected chi connectivity index (χ4v) is 2.08. The number of nitrogens with one attached hydrogen (secondary N) is 2. The fourth-order valence-electron chi connectivity index (χ4n) is 1.78. The van der Waals surface area contributed by atoms with Gasteiger partial charge in [0, 0.05) is 5.69 Å². The van der Waals surface area contributed by atoms with Gasteiger partial charge in [-0.15, -0.1) is 0 Å². The molecule has 2 unspecified atom stereocenters. The number of amides is 2. The second kappa shape index (κ2) is 8.98. The third-order valence-electron chi connectivity index (χ3n) is 3.15. The van der Waals surface area contributed by atoms with Crippen molar-refractivity contribution in [2.75, 3.05) is 5.32 Å². The minimum Gasteiger partial charge on any atom is -0.374 e. The van der Waals surface area contributed by atoms with Gasteiger partial charge in [-0.05, 0) is 31.5 Å². The molecule has 0 fully saturated rings. The van der Waals surface area contributed by atoms with Crippen molar-refractivity contribution in [1.82, 2.24) is 5.32 Å². The SMILES string of the molecule is CCCCC(N)C(=O)NC(=O)C(C)Nc1ccc(Cl)c(Cl)c1. The smallest absolute Gasteiger partial charge is 0.248 e. The monoisotopic (exact) mass is 345 g/mol. The van der Waals surface area contributed by atoms with Crippen molar-refractivity contribution in [2.24, 2.45) is 5.73 Å². The topological polar surface area (TPSA) is 84.2 Å². The normalized spacial score (nSPS) is 13.3. The molecule has 0 aliphatic rings. The van der Waals surface area contributed by atoms with Gasteiger partial charge in [-0.1, -0.05) is 43.0 Å². The summed E-state index contributed by atoms with van der Waals surface area (Å²) in [5.41, 5.74) is 6.36. The first-order chi connectivity index (χ1) is 10.3. The highest BCUT2D eigenvalue weighted by molar-refractivity contribution is 6.42. The van der Waals surface area contributed by atoms with Crippen molar-refractivity contribution in [2.45, 2.75) is 45.2 Å². The molecule has 5 nitrogen and oxygen atoms in total. The number of carbonyl (C=O) groups excluding carboxylic acids is 2. The lowest BCUT2D eigenvalue weighted by Gasteiger charge is -2.17. The van der Waals surface area contributed by atoms with Gasteiger partial charge in [-0.3, -0.25) is 14.9 Å². The molecule has 0 heterocycles. The Hall–Kier alpha value is -1.30. The van der Waals surface area contributed by atoms with Crippen LogP contribution in [0.1, 0.15) is 33.1 Å². The maximum absolute atomic E-state index is 12.0. The van der Waals surface area contributed by atoms with Crippen molar-refractivity contribution in [3.63, 3.8) is 0 Å². The van der Waals surface area contributed by atoms with E-state index in [0.29, 0.717) is 22.2 Å². The summed E-state index contributed by atoms with van der Waals surface area (Å²) in [7, 11) is 0. The number of unbranched alkanes of at least 4 members (excludes halogenated alkanes) is 1. The predicted molar refractivity (Wildman–Crippen MR) is 90.2 cm³/mol. The van der Waals surface area contributed by atoms with Crippen molar-refractivity contribution >= 4 is 40.7 Å². The van der Waals surface area contributed by atoms with Crippen LogP contribution in [0, 0.1) is 0 Å². The van der Waals surface area contributed by atoms with E-state index >= 15 is 0 Å². The van der Waals surface area contributed by atoms with Crippen LogP contribution < -0.4 is 16.4 Å². The molecule has 22 heavy (non-hydrogen) atoms. The molecule has 0 aliphatic heterocycles. The average Bonchev–Trinajstić information content (AvgIpc) is 2.48. The quantitative estimate of drug-likeness (QED) is 0.709. The van der Waals surface area contributed by atoms with Crippen molar-refractivity contribution in [3.05, 3.63) is 28.2 Å². The zero-order chi connectivity index (χ0) is 16.7. The van der Waals surface area contributed by atoms with Gasteiger partial charge >= 0.3 is 0 Å². The number of imide groups is 1. The van der Waals surface area contributed by atoms with Gasteiger partial charge in [0.05, 0.1) is 16.1 Å². The van der Waals surface area contributed by atoms with E-state index in [-0.39, 0.29) is 0 Å². The summed E-state index contributed by atoms with van der Waals surface area (Å²) in [6, 6.07) is 3.67. The first-order valence-corrected chi connectivity index (χ1v) is 7.92. The van der Waals surface area contributed by atoms with Crippen LogP contribution in [-0.2, 0) is 9.59 Å². The zero-order valence-corrected chi connectivity index (χ0v) is 14.2. The molecule has 0 saturated heterocycles. The largest absolute Gasteiger partial charge is 0.374 e. The lowest BCUT2D eigenvalue weighted by molar-refractivity contribution is -0.131. The number of halogens is 2. The molecule has 4 N–H and O–H groups in total. The van der Waals surface area contributed by atoms with Gasteiger partial charge in [0.1, 0.15) is 6.04 Å². The van der Waals surface area contributed by atoms with E-state index < -0.39 is 23.9 Å². The van der Waals surface area contributed by atoms with Gasteiger partial charge in [-0.2, -0.15) is 0 Å². The third kappa shape index (κ3) is 5.83. The molecule has 1 rings (SSSR count). The summed E-state index contributed by atoms with van der Waals surface area (Å²) in [4.78, 5) is 23.8. The Bertz CT molecular complexity index is 538. The Balaban J connectivity index is 2.54. The van der Waals surface area contributed by atoms with Gasteiger partial charge in [0.2, 0.25) is 11.8 Å². The number of hydrogen-bond acceptors (Lipinski definition) is 4. The third-order valence-corrected chi connectivity index (χ3v) is 3.89. The molecule has 0 saturated carbocycles. The molecular weight excluding hydrogens is 325 g/mol. The van der Waals surface area contributed by atoms with E-state index in [1.807, 2.05) is 6.92 Å². The summed E-state index contributed by atoms with van der Waals surface area (Å²) in [5.74, 6) is -0.899. The Kier molecular flexibility index (Phi) is 7.65. The minimum atomic E-state index is -0.666. The number of nitrogens with two attached hydrogens (primary N) is 1. The van der Waals surface area contributed by atoms with Crippen LogP contribution in [0.3, 0.4) is 0 Å². The standard InChI is InChI=1S/C15H21Cl2N3O2/c1-3-4-5-13(18)15(22)20-14(21)9(2)19-10-6-7-11(16)12(17)8-10/h6-9,13,19H,3-5,18H2,1-2H3,(H,20,21,22). The fraction of sp³-hybridized carbons (Fsp3) is 0.467. The van der Waals surface area contributed by atoms with Crippen molar-refractivity contribution < 1.29 is 9.59 Å². The van der Waals surface area contributed by atoms with Gasteiger partial charge < -0.3 is 11.1 Å². The molecular formula is C15H21Cl2N3O2. The Morgan fingerprint density at radius 3 is 2.50 bits per heavy atom. The maximum atomic E-state index is 12.0. The number of rotatable bonds is 7. The van der Waals surface area contributed by atoms with Crippen LogP contribution in [0.25, 0.3) is 0 Å². The summed E-state index contributed by atoms with van der Waals surface area (Å²) in [5, 5.41) is 6.08. The first-order valence-electron chi connectivity index (χ1n) is 7.17. The van der Waals surface area contributed by atoms with Crippen molar-refractivity contribution in [1.29, 1.82) is 0 Å². The van der Waals surface area contributed by atoms with Gasteiger partial charge in [0.15, 0.2) is 0 Å². The van der Waals surface area contributed by atoms with E-state index in [2.05, 4.69) is 10.6 Å². The molecule has 2 amide bonds.